The quantitative estimate of drug-likeness (QED) is 0.615. The number of rotatable bonds is 0. The fraction of sp³-hybridized carbons (Fsp3) is 0.308. The number of benzene rings is 1. The van der Waals surface area contributed by atoms with Gasteiger partial charge in [-0.05, 0) is 17.7 Å². The molecule has 0 bridgehead atoms. The second-order valence-corrected chi connectivity index (χ2v) is 4.14. The Hall–Kier alpha value is -1.79. The van der Waals surface area contributed by atoms with Crippen LogP contribution in [0.4, 0.5) is 0 Å². The molecule has 0 radical (unpaired) electrons. The van der Waals surface area contributed by atoms with Crippen LogP contribution in [0.5, 0.6) is 0 Å². The zero-order valence-electron chi connectivity index (χ0n) is 8.84. The van der Waals surface area contributed by atoms with Crippen molar-refractivity contribution in [3.63, 3.8) is 0 Å². The van der Waals surface area contributed by atoms with Gasteiger partial charge >= 0.3 is 0 Å². The molecule has 0 aliphatic carbocycles. The van der Waals surface area contributed by atoms with Gasteiger partial charge in [0.2, 0.25) is 0 Å². The van der Waals surface area contributed by atoms with Gasteiger partial charge in [-0.1, -0.05) is 17.9 Å². The van der Waals surface area contributed by atoms with Crippen LogP contribution in [0.15, 0.2) is 18.2 Å². The van der Waals surface area contributed by atoms with Crippen LogP contribution in [0.1, 0.15) is 21.5 Å². The Kier molecular flexibility index (Phi) is 2.16. The van der Waals surface area contributed by atoms with Crippen molar-refractivity contribution >= 4 is 5.91 Å². The topological polar surface area (TPSA) is 41.1 Å². The fourth-order valence-electron chi connectivity index (χ4n) is 1.94. The van der Waals surface area contributed by atoms with E-state index in [0.717, 1.165) is 29.8 Å². The lowest BCUT2D eigenvalue weighted by Crippen LogP contribution is -2.40. The summed E-state index contributed by atoms with van der Waals surface area (Å²) in [6.45, 7) is 2.58. The Morgan fingerprint density at radius 3 is 2.94 bits per heavy atom. The van der Waals surface area contributed by atoms with E-state index in [1.807, 2.05) is 18.2 Å². The molecule has 1 aromatic rings. The molecule has 16 heavy (non-hydrogen) atoms. The maximum Gasteiger partial charge on any atom is 0.251 e. The van der Waals surface area contributed by atoms with Gasteiger partial charge < -0.3 is 10.6 Å². The summed E-state index contributed by atoms with van der Waals surface area (Å²) in [4.78, 5) is 11.5. The number of fused-ring (bicyclic) bond motifs is 1. The van der Waals surface area contributed by atoms with Crippen LogP contribution in [0.25, 0.3) is 0 Å². The molecule has 0 spiro atoms. The summed E-state index contributed by atoms with van der Waals surface area (Å²) in [7, 11) is 0. The van der Waals surface area contributed by atoms with Crippen molar-refractivity contribution in [1.82, 2.24) is 10.6 Å². The van der Waals surface area contributed by atoms with Crippen LogP contribution in [0.2, 0.25) is 0 Å². The minimum atomic E-state index is 0.0176. The second-order valence-electron chi connectivity index (χ2n) is 4.14. The summed E-state index contributed by atoms with van der Waals surface area (Å²) in [6.07, 6.45) is 0. The van der Waals surface area contributed by atoms with E-state index >= 15 is 0 Å². The molecule has 80 valence electrons. The molecule has 2 N–H and O–H groups in total. The summed E-state index contributed by atoms with van der Waals surface area (Å²) in [5.41, 5.74) is 2.81. The first kappa shape index (κ1) is 9.44. The van der Waals surface area contributed by atoms with Crippen molar-refractivity contribution in [2.75, 3.05) is 13.1 Å². The lowest BCUT2D eigenvalue weighted by Gasteiger charge is -2.21. The normalized spacial score (nSPS) is 18.1. The Balaban J connectivity index is 1.95. The largest absolute Gasteiger partial charge is 0.348 e. The molecule has 2 heterocycles. The first-order valence-electron chi connectivity index (χ1n) is 5.47. The molecule has 1 aromatic carbocycles. The standard InChI is InChI=1S/C13H12N2O/c16-13-11-3-1-2-10(12(11)8-15-13)5-4-9-6-14-7-9/h1-3,9,14H,6-8H2,(H,15,16). The maximum absolute atomic E-state index is 11.5. The average Bonchev–Trinajstić information content (AvgIpc) is 2.60. The zero-order valence-corrected chi connectivity index (χ0v) is 8.84. The molecule has 0 unspecified atom stereocenters. The first-order valence-corrected chi connectivity index (χ1v) is 5.47. The number of nitrogens with one attached hydrogen (secondary N) is 2. The van der Waals surface area contributed by atoms with Gasteiger partial charge in [-0.3, -0.25) is 4.79 Å². The van der Waals surface area contributed by atoms with Crippen molar-refractivity contribution in [3.05, 3.63) is 34.9 Å². The van der Waals surface area contributed by atoms with Crippen molar-refractivity contribution < 1.29 is 4.79 Å². The minimum Gasteiger partial charge on any atom is -0.348 e. The molecule has 1 fully saturated rings. The molecular formula is C13H12N2O. The molecule has 1 amide bonds. The Morgan fingerprint density at radius 2 is 2.19 bits per heavy atom. The number of hydrogen-bond donors (Lipinski definition) is 2. The number of amides is 1. The van der Waals surface area contributed by atoms with E-state index in [-0.39, 0.29) is 5.91 Å². The van der Waals surface area contributed by atoms with Gasteiger partial charge in [0.25, 0.3) is 5.91 Å². The van der Waals surface area contributed by atoms with Crippen LogP contribution in [-0.2, 0) is 6.54 Å². The Morgan fingerprint density at radius 1 is 1.31 bits per heavy atom. The zero-order chi connectivity index (χ0) is 11.0. The molecule has 2 aliphatic heterocycles. The van der Waals surface area contributed by atoms with Gasteiger partial charge in [0, 0.05) is 36.7 Å². The lowest BCUT2D eigenvalue weighted by molar-refractivity contribution is 0.0966. The highest BCUT2D eigenvalue weighted by Gasteiger charge is 2.20. The second kappa shape index (κ2) is 3.66. The summed E-state index contributed by atoms with van der Waals surface area (Å²) < 4.78 is 0. The third-order valence-electron chi connectivity index (χ3n) is 3.04. The van der Waals surface area contributed by atoms with E-state index in [4.69, 9.17) is 0 Å². The van der Waals surface area contributed by atoms with Crippen LogP contribution < -0.4 is 10.6 Å². The van der Waals surface area contributed by atoms with Gasteiger partial charge in [-0.15, -0.1) is 0 Å². The van der Waals surface area contributed by atoms with Crippen LogP contribution >= 0.6 is 0 Å². The third kappa shape index (κ3) is 1.48. The Bertz CT molecular complexity index is 506. The summed E-state index contributed by atoms with van der Waals surface area (Å²) >= 11 is 0. The maximum atomic E-state index is 11.5. The molecule has 3 heteroatoms. The number of carbonyl (C=O) groups is 1. The number of carbonyl (C=O) groups excluding carboxylic acids is 1. The van der Waals surface area contributed by atoms with E-state index in [9.17, 15) is 4.79 Å². The van der Waals surface area contributed by atoms with Crippen molar-refractivity contribution in [2.24, 2.45) is 5.92 Å². The molecular weight excluding hydrogens is 200 g/mol. The van der Waals surface area contributed by atoms with Crippen molar-refractivity contribution in [1.29, 1.82) is 0 Å². The molecule has 0 saturated carbocycles. The van der Waals surface area contributed by atoms with Gasteiger partial charge in [-0.2, -0.15) is 0 Å². The highest BCUT2D eigenvalue weighted by atomic mass is 16.1. The van der Waals surface area contributed by atoms with Crippen LogP contribution in [0.3, 0.4) is 0 Å². The molecule has 2 aliphatic rings. The average molecular weight is 212 g/mol. The fourth-order valence-corrected chi connectivity index (χ4v) is 1.94. The van der Waals surface area contributed by atoms with Crippen LogP contribution in [-0.4, -0.2) is 19.0 Å². The first-order chi connectivity index (χ1) is 7.84. The van der Waals surface area contributed by atoms with Gasteiger partial charge in [0.1, 0.15) is 0 Å². The van der Waals surface area contributed by atoms with Gasteiger partial charge in [0.05, 0.1) is 0 Å². The van der Waals surface area contributed by atoms with Crippen LogP contribution in [0, 0.1) is 17.8 Å². The SMILES string of the molecule is O=C1NCc2c(C#CC3CNC3)cccc21. The van der Waals surface area contributed by atoms with Crippen molar-refractivity contribution in [3.8, 4) is 11.8 Å². The third-order valence-corrected chi connectivity index (χ3v) is 3.04. The lowest BCUT2D eigenvalue weighted by atomic mass is 10.0. The van der Waals surface area contributed by atoms with E-state index in [1.54, 1.807) is 0 Å². The smallest absolute Gasteiger partial charge is 0.251 e. The molecule has 0 atom stereocenters. The minimum absolute atomic E-state index is 0.0176. The molecule has 3 nitrogen and oxygen atoms in total. The predicted molar refractivity (Wildman–Crippen MR) is 60.8 cm³/mol. The van der Waals surface area contributed by atoms with Crippen molar-refractivity contribution in [2.45, 2.75) is 6.54 Å². The van der Waals surface area contributed by atoms with Gasteiger partial charge in [0.15, 0.2) is 0 Å². The molecule has 3 rings (SSSR count). The summed E-state index contributed by atoms with van der Waals surface area (Å²) in [6, 6.07) is 5.73. The van der Waals surface area contributed by atoms with Gasteiger partial charge in [-0.25, -0.2) is 0 Å². The number of hydrogen-bond acceptors (Lipinski definition) is 2. The highest BCUT2D eigenvalue weighted by Crippen LogP contribution is 2.19. The van der Waals surface area contributed by atoms with E-state index in [0.29, 0.717) is 12.5 Å². The Labute approximate surface area is 94.2 Å². The van der Waals surface area contributed by atoms with E-state index in [1.165, 1.54) is 0 Å². The summed E-state index contributed by atoms with van der Waals surface area (Å²) in [5, 5.41) is 6.01. The monoisotopic (exact) mass is 212 g/mol. The summed E-state index contributed by atoms with van der Waals surface area (Å²) in [5.74, 6) is 6.90. The predicted octanol–water partition coefficient (Wildman–Crippen LogP) is 0.501. The highest BCUT2D eigenvalue weighted by molar-refractivity contribution is 5.98. The van der Waals surface area contributed by atoms with E-state index < -0.39 is 0 Å². The molecule has 0 aromatic heterocycles. The molecule has 1 saturated heterocycles. The van der Waals surface area contributed by atoms with E-state index in [2.05, 4.69) is 22.5 Å².